The minimum absolute atomic E-state index is 0.0322. The van der Waals surface area contributed by atoms with Crippen LogP contribution in [-0.4, -0.2) is 44.5 Å². The van der Waals surface area contributed by atoms with E-state index in [0.29, 0.717) is 0 Å². The Bertz CT molecular complexity index is 1570. The van der Waals surface area contributed by atoms with Crippen molar-refractivity contribution in [3.05, 3.63) is 138 Å². The van der Waals surface area contributed by atoms with Gasteiger partial charge in [0, 0.05) is 0 Å². The first-order valence-corrected chi connectivity index (χ1v) is 16.8. The number of ether oxygens (including phenoxy) is 4. The van der Waals surface area contributed by atoms with E-state index in [-0.39, 0.29) is 33.0 Å². The number of phosphoric ester groups is 1. The van der Waals surface area contributed by atoms with Crippen LogP contribution < -0.4 is 10.1 Å². The van der Waals surface area contributed by atoms with Gasteiger partial charge in [-0.05, 0) is 41.3 Å². The first kappa shape index (κ1) is 36.3. The number of nitrogens with one attached hydrogen (secondary N) is 1. The number of phosphoric acid groups is 1. The lowest BCUT2D eigenvalue weighted by Gasteiger charge is -2.23. The lowest BCUT2D eigenvalue weighted by atomic mass is 10.2. The van der Waals surface area contributed by atoms with Crippen LogP contribution >= 0.6 is 7.82 Å². The number of hydrogen-bond donors (Lipinski definition) is 1. The number of benzene rings is 4. The van der Waals surface area contributed by atoms with Crippen LogP contribution in [0.3, 0.4) is 0 Å². The molecule has 0 aliphatic heterocycles. The van der Waals surface area contributed by atoms with Crippen LogP contribution in [0, 0.1) is 0 Å². The fourth-order valence-electron chi connectivity index (χ4n) is 4.12. The molecular formula is C36H40NO10P. The smallest absolute Gasteiger partial charge is 0.475 e. The summed E-state index contributed by atoms with van der Waals surface area (Å²) in [6.07, 6.45) is -1.41. The van der Waals surface area contributed by atoms with Gasteiger partial charge in [0.05, 0.1) is 39.6 Å². The van der Waals surface area contributed by atoms with Crippen LogP contribution in [0.25, 0.3) is 0 Å². The normalized spacial score (nSPS) is 13.5. The molecule has 0 aromatic heterocycles. The summed E-state index contributed by atoms with van der Waals surface area (Å²) in [5.74, 6) is -0.105. The molecule has 0 heterocycles. The Hall–Kier alpha value is -4.51. The maximum absolute atomic E-state index is 13.9. The molecule has 0 aliphatic rings. The van der Waals surface area contributed by atoms with Gasteiger partial charge in [-0.25, -0.2) is 14.2 Å². The van der Waals surface area contributed by atoms with Gasteiger partial charge in [-0.15, -0.1) is 0 Å². The zero-order chi connectivity index (χ0) is 34.0. The molecule has 1 unspecified atom stereocenters. The fraction of sp³-hybridized carbons (Fsp3) is 0.278. The third-order valence-corrected chi connectivity index (χ3v) is 8.18. The molecular weight excluding hydrogens is 637 g/mol. The number of amides is 1. The molecule has 0 saturated heterocycles. The molecule has 4 rings (SSSR count). The molecule has 0 fully saturated rings. The number of esters is 1. The molecule has 48 heavy (non-hydrogen) atoms. The van der Waals surface area contributed by atoms with E-state index >= 15 is 0 Å². The van der Waals surface area contributed by atoms with E-state index in [4.69, 9.17) is 32.5 Å². The first-order valence-electron chi connectivity index (χ1n) is 15.3. The van der Waals surface area contributed by atoms with Crippen LogP contribution in [0.15, 0.2) is 115 Å². The molecule has 1 N–H and O–H groups in total. The number of rotatable bonds is 19. The minimum atomic E-state index is -4.32. The summed E-state index contributed by atoms with van der Waals surface area (Å²) in [6.45, 7) is 1.08. The maximum Gasteiger partial charge on any atom is 0.475 e. The van der Waals surface area contributed by atoms with Crippen LogP contribution in [0.2, 0.25) is 0 Å². The van der Waals surface area contributed by atoms with E-state index in [1.165, 1.54) is 0 Å². The van der Waals surface area contributed by atoms with Crippen molar-refractivity contribution in [2.75, 3.05) is 20.3 Å². The van der Waals surface area contributed by atoms with Gasteiger partial charge in [0.15, 0.2) is 6.04 Å². The summed E-state index contributed by atoms with van der Waals surface area (Å²) in [6, 6.07) is 33.1. The molecule has 0 radical (unpaired) electrons. The summed E-state index contributed by atoms with van der Waals surface area (Å²) < 4.78 is 52.7. The lowest BCUT2D eigenvalue weighted by molar-refractivity contribution is -0.148. The van der Waals surface area contributed by atoms with Crippen molar-refractivity contribution < 1.29 is 46.7 Å². The summed E-state index contributed by atoms with van der Waals surface area (Å²) in [5, 5.41) is 2.45. The van der Waals surface area contributed by atoms with Crippen LogP contribution in [0.4, 0.5) is 4.79 Å². The Morgan fingerprint density at radius 2 is 1.12 bits per heavy atom. The molecule has 1 amide bonds. The van der Waals surface area contributed by atoms with Gasteiger partial charge in [0.25, 0.3) is 0 Å². The zero-order valence-corrected chi connectivity index (χ0v) is 27.8. The van der Waals surface area contributed by atoms with E-state index < -0.39 is 38.6 Å². The molecule has 0 aliphatic carbocycles. The van der Waals surface area contributed by atoms with Crippen molar-refractivity contribution in [1.29, 1.82) is 0 Å². The standard InChI is InChI=1S/C36H40NO10P/c1-28(42-23-32-18-20-33(41-2)21-19-32)22-45-48(40,46-26-31-16-10-5-11-17-31)47-27-34(35(38)43-24-29-12-6-3-7-13-29)37-36(39)44-25-30-14-8-4-9-15-30/h3-21,28,34H,22-27H2,1-2H3,(H,37,39)/t28-,34+,48?/m1/s1. The van der Waals surface area contributed by atoms with Gasteiger partial charge in [0.1, 0.15) is 19.0 Å². The number of carbonyl (C=O) groups excluding carboxylic acids is 2. The molecule has 0 saturated carbocycles. The Labute approximate surface area is 280 Å². The van der Waals surface area contributed by atoms with Crippen LogP contribution in [0.1, 0.15) is 29.2 Å². The summed E-state index contributed by atoms with van der Waals surface area (Å²) >= 11 is 0. The third-order valence-electron chi connectivity index (χ3n) is 6.81. The van der Waals surface area contributed by atoms with E-state index in [9.17, 15) is 14.2 Å². The van der Waals surface area contributed by atoms with Gasteiger partial charge >= 0.3 is 19.9 Å². The topological polar surface area (TPSA) is 128 Å². The first-order chi connectivity index (χ1) is 23.3. The highest BCUT2D eigenvalue weighted by molar-refractivity contribution is 7.48. The predicted octanol–water partition coefficient (Wildman–Crippen LogP) is 7.00. The zero-order valence-electron chi connectivity index (χ0n) is 26.9. The molecule has 254 valence electrons. The van der Waals surface area contributed by atoms with Gasteiger partial charge in [-0.3, -0.25) is 13.6 Å². The number of methoxy groups -OCH3 is 1. The molecule has 4 aromatic carbocycles. The minimum Gasteiger partial charge on any atom is -0.497 e. The second-order valence-electron chi connectivity index (χ2n) is 10.6. The number of carbonyl (C=O) groups is 2. The molecule has 11 nitrogen and oxygen atoms in total. The quantitative estimate of drug-likeness (QED) is 0.0819. The average Bonchev–Trinajstić information content (AvgIpc) is 3.13. The van der Waals surface area contributed by atoms with E-state index in [0.717, 1.165) is 28.0 Å². The predicted molar refractivity (Wildman–Crippen MR) is 178 cm³/mol. The largest absolute Gasteiger partial charge is 0.497 e. The van der Waals surface area contributed by atoms with E-state index in [2.05, 4.69) is 5.32 Å². The lowest BCUT2D eigenvalue weighted by Crippen LogP contribution is -2.45. The van der Waals surface area contributed by atoms with Crippen molar-refractivity contribution >= 4 is 19.9 Å². The molecule has 12 heteroatoms. The van der Waals surface area contributed by atoms with Gasteiger partial charge in [0.2, 0.25) is 0 Å². The Kier molecular flexibility index (Phi) is 14.6. The third kappa shape index (κ3) is 12.9. The van der Waals surface area contributed by atoms with Crippen molar-refractivity contribution in [3.63, 3.8) is 0 Å². The highest BCUT2D eigenvalue weighted by Crippen LogP contribution is 2.50. The van der Waals surface area contributed by atoms with Crippen molar-refractivity contribution in [2.45, 2.75) is 45.5 Å². The number of alkyl carbamates (subject to hydrolysis) is 1. The maximum atomic E-state index is 13.9. The molecule has 0 spiro atoms. The summed E-state index contributed by atoms with van der Waals surface area (Å²) in [7, 11) is -2.73. The number of hydrogen-bond acceptors (Lipinski definition) is 10. The van der Waals surface area contributed by atoms with Crippen molar-refractivity contribution in [1.82, 2.24) is 5.32 Å². The molecule has 3 atom stereocenters. The second-order valence-corrected chi connectivity index (χ2v) is 12.3. The van der Waals surface area contributed by atoms with Crippen LogP contribution in [0.5, 0.6) is 5.75 Å². The summed E-state index contributed by atoms with van der Waals surface area (Å²) in [5.41, 5.74) is 3.11. The Morgan fingerprint density at radius 3 is 1.69 bits per heavy atom. The second kappa shape index (κ2) is 19.3. The Morgan fingerprint density at radius 1 is 0.625 bits per heavy atom. The highest BCUT2D eigenvalue weighted by atomic mass is 31.2. The van der Waals surface area contributed by atoms with E-state index in [1.807, 2.05) is 78.9 Å². The Balaban J connectivity index is 1.40. The van der Waals surface area contributed by atoms with E-state index in [1.54, 1.807) is 50.4 Å². The van der Waals surface area contributed by atoms with Crippen molar-refractivity contribution in [2.24, 2.45) is 0 Å². The average molecular weight is 678 g/mol. The van der Waals surface area contributed by atoms with Crippen molar-refractivity contribution in [3.8, 4) is 5.75 Å². The molecule has 4 aromatic rings. The SMILES string of the molecule is COc1ccc(CO[C@H](C)COP(=O)(OCc2ccccc2)OC[C@H](NC(=O)OCc2ccccc2)C(=O)OCc2ccccc2)cc1. The van der Waals surface area contributed by atoms with Gasteiger partial charge in [-0.1, -0.05) is 103 Å². The van der Waals surface area contributed by atoms with Gasteiger partial charge < -0.3 is 24.3 Å². The highest BCUT2D eigenvalue weighted by Gasteiger charge is 2.33. The fourth-order valence-corrected chi connectivity index (χ4v) is 5.37. The summed E-state index contributed by atoms with van der Waals surface area (Å²) in [4.78, 5) is 25.9. The van der Waals surface area contributed by atoms with Crippen LogP contribution in [-0.2, 0) is 63.6 Å². The van der Waals surface area contributed by atoms with Gasteiger partial charge in [-0.2, -0.15) is 0 Å². The monoisotopic (exact) mass is 677 g/mol. The molecule has 0 bridgehead atoms.